The first-order valence-electron chi connectivity index (χ1n) is 7.58. The Morgan fingerprint density at radius 1 is 1.04 bits per heavy atom. The lowest BCUT2D eigenvalue weighted by atomic mass is 10.2. The molecule has 2 N–H and O–H groups in total. The van der Waals surface area contributed by atoms with Gasteiger partial charge in [0.15, 0.2) is 0 Å². The number of carbonyl (C=O) groups is 2. The molecule has 2 amide bonds. The van der Waals surface area contributed by atoms with Crippen molar-refractivity contribution in [1.29, 1.82) is 0 Å². The first kappa shape index (κ1) is 18.2. The van der Waals surface area contributed by atoms with Gasteiger partial charge < -0.3 is 10.6 Å². The van der Waals surface area contributed by atoms with E-state index >= 15 is 0 Å². The SMILES string of the molecule is C[C@@H](C(=O)Nc1ccccc1)N(C)CC(=O)Nc1ccccc1Br. The van der Waals surface area contributed by atoms with Crippen molar-refractivity contribution in [2.45, 2.75) is 13.0 Å². The monoisotopic (exact) mass is 389 g/mol. The zero-order valence-corrected chi connectivity index (χ0v) is 15.2. The predicted molar refractivity (Wildman–Crippen MR) is 99.9 cm³/mol. The summed E-state index contributed by atoms with van der Waals surface area (Å²) in [5.74, 6) is -0.332. The molecule has 0 saturated carbocycles. The minimum Gasteiger partial charge on any atom is -0.325 e. The van der Waals surface area contributed by atoms with Crippen molar-refractivity contribution in [3.63, 3.8) is 0 Å². The van der Waals surface area contributed by atoms with Crippen molar-refractivity contribution in [1.82, 2.24) is 4.90 Å². The number of nitrogens with zero attached hydrogens (tertiary/aromatic N) is 1. The van der Waals surface area contributed by atoms with Gasteiger partial charge in [0.25, 0.3) is 0 Å². The molecular formula is C18H20BrN3O2. The summed E-state index contributed by atoms with van der Waals surface area (Å²) in [6, 6.07) is 16.2. The number of halogens is 1. The number of rotatable bonds is 6. The van der Waals surface area contributed by atoms with Crippen LogP contribution in [0.25, 0.3) is 0 Å². The van der Waals surface area contributed by atoms with Crippen LogP contribution in [-0.4, -0.2) is 36.3 Å². The van der Waals surface area contributed by atoms with E-state index in [-0.39, 0.29) is 18.4 Å². The quantitative estimate of drug-likeness (QED) is 0.796. The molecule has 0 bridgehead atoms. The lowest BCUT2D eigenvalue weighted by Gasteiger charge is -2.23. The van der Waals surface area contributed by atoms with Crippen LogP contribution in [0.4, 0.5) is 11.4 Å². The van der Waals surface area contributed by atoms with Crippen LogP contribution in [0.1, 0.15) is 6.92 Å². The summed E-state index contributed by atoms with van der Waals surface area (Å²) in [6.45, 7) is 1.88. The van der Waals surface area contributed by atoms with E-state index in [0.717, 1.165) is 10.2 Å². The van der Waals surface area contributed by atoms with Crippen molar-refractivity contribution in [3.8, 4) is 0 Å². The van der Waals surface area contributed by atoms with Gasteiger partial charge in [-0.3, -0.25) is 14.5 Å². The molecule has 0 fully saturated rings. The largest absolute Gasteiger partial charge is 0.325 e. The zero-order valence-electron chi connectivity index (χ0n) is 13.6. The minimum absolute atomic E-state index is 0.116. The molecule has 1 atom stereocenters. The maximum Gasteiger partial charge on any atom is 0.241 e. The van der Waals surface area contributed by atoms with E-state index in [1.807, 2.05) is 54.6 Å². The predicted octanol–water partition coefficient (Wildman–Crippen LogP) is 3.35. The minimum atomic E-state index is -0.435. The summed E-state index contributed by atoms with van der Waals surface area (Å²) in [5.41, 5.74) is 1.44. The van der Waals surface area contributed by atoms with Crippen molar-refractivity contribution < 1.29 is 9.59 Å². The standard InChI is InChI=1S/C18H20BrN3O2/c1-13(18(24)20-14-8-4-3-5-9-14)22(2)12-17(23)21-16-11-7-6-10-15(16)19/h3-11,13H,12H2,1-2H3,(H,20,24)(H,21,23)/t13-/m0/s1. The van der Waals surface area contributed by atoms with E-state index < -0.39 is 6.04 Å². The second-order valence-corrected chi connectivity index (χ2v) is 6.33. The second-order valence-electron chi connectivity index (χ2n) is 5.47. The molecule has 0 saturated heterocycles. The fourth-order valence-corrected chi connectivity index (χ4v) is 2.47. The highest BCUT2D eigenvalue weighted by atomic mass is 79.9. The van der Waals surface area contributed by atoms with Gasteiger partial charge in [-0.15, -0.1) is 0 Å². The fourth-order valence-electron chi connectivity index (χ4n) is 2.08. The molecule has 0 radical (unpaired) electrons. The highest BCUT2D eigenvalue weighted by Gasteiger charge is 2.20. The normalized spacial score (nSPS) is 11.8. The Hall–Kier alpha value is -2.18. The Kier molecular flexibility index (Phi) is 6.52. The van der Waals surface area contributed by atoms with Crippen LogP contribution in [0.3, 0.4) is 0 Å². The molecule has 126 valence electrons. The van der Waals surface area contributed by atoms with Gasteiger partial charge in [-0.25, -0.2) is 0 Å². The first-order valence-corrected chi connectivity index (χ1v) is 8.37. The number of benzene rings is 2. The zero-order chi connectivity index (χ0) is 17.5. The van der Waals surface area contributed by atoms with E-state index in [2.05, 4.69) is 26.6 Å². The summed E-state index contributed by atoms with van der Waals surface area (Å²) in [7, 11) is 1.74. The van der Waals surface area contributed by atoms with E-state index in [1.165, 1.54) is 0 Å². The van der Waals surface area contributed by atoms with Gasteiger partial charge in [0.05, 0.1) is 18.3 Å². The number of para-hydroxylation sites is 2. The van der Waals surface area contributed by atoms with Crippen LogP contribution in [0.15, 0.2) is 59.1 Å². The average molecular weight is 390 g/mol. The molecular weight excluding hydrogens is 370 g/mol. The third kappa shape index (κ3) is 5.18. The molecule has 0 aliphatic carbocycles. The molecule has 24 heavy (non-hydrogen) atoms. The molecule has 0 heterocycles. The summed E-state index contributed by atoms with van der Waals surface area (Å²) in [4.78, 5) is 26.1. The average Bonchev–Trinajstić information content (AvgIpc) is 2.57. The lowest BCUT2D eigenvalue weighted by molar-refractivity contribution is -0.122. The first-order chi connectivity index (χ1) is 11.5. The van der Waals surface area contributed by atoms with Crippen molar-refractivity contribution in [3.05, 3.63) is 59.1 Å². The van der Waals surface area contributed by atoms with Crippen LogP contribution in [-0.2, 0) is 9.59 Å². The summed E-state index contributed by atoms with van der Waals surface area (Å²) in [6.07, 6.45) is 0. The van der Waals surface area contributed by atoms with Gasteiger partial charge >= 0.3 is 0 Å². The molecule has 0 aromatic heterocycles. The number of carbonyl (C=O) groups excluding carboxylic acids is 2. The molecule has 0 spiro atoms. The topological polar surface area (TPSA) is 61.4 Å². The summed E-state index contributed by atoms with van der Waals surface area (Å²) < 4.78 is 0.816. The molecule has 2 rings (SSSR count). The number of anilines is 2. The number of likely N-dealkylation sites (N-methyl/N-ethyl adjacent to an activating group) is 1. The number of hydrogen-bond acceptors (Lipinski definition) is 3. The van der Waals surface area contributed by atoms with Crippen molar-refractivity contribution >= 4 is 39.1 Å². The van der Waals surface area contributed by atoms with Gasteiger partial charge in [0, 0.05) is 10.2 Å². The second kappa shape index (κ2) is 8.61. The van der Waals surface area contributed by atoms with Crippen LogP contribution in [0.5, 0.6) is 0 Å². The van der Waals surface area contributed by atoms with Gasteiger partial charge in [-0.05, 0) is 54.2 Å². The Balaban J connectivity index is 1.88. The molecule has 0 aliphatic heterocycles. The maximum absolute atomic E-state index is 12.3. The van der Waals surface area contributed by atoms with Crippen LogP contribution >= 0.6 is 15.9 Å². The number of nitrogens with one attached hydrogen (secondary N) is 2. The Morgan fingerprint density at radius 3 is 2.33 bits per heavy atom. The third-order valence-electron chi connectivity index (χ3n) is 3.62. The molecule has 6 heteroatoms. The Bertz CT molecular complexity index is 706. The van der Waals surface area contributed by atoms with Gasteiger partial charge in [-0.1, -0.05) is 30.3 Å². The molecule has 2 aromatic carbocycles. The Morgan fingerprint density at radius 2 is 1.67 bits per heavy atom. The summed E-state index contributed by atoms with van der Waals surface area (Å²) in [5, 5.41) is 5.66. The van der Waals surface area contributed by atoms with E-state index in [9.17, 15) is 9.59 Å². The number of hydrogen-bond donors (Lipinski definition) is 2. The highest BCUT2D eigenvalue weighted by Crippen LogP contribution is 2.21. The van der Waals surface area contributed by atoms with Crippen LogP contribution < -0.4 is 10.6 Å². The van der Waals surface area contributed by atoms with Crippen LogP contribution in [0, 0.1) is 0 Å². The van der Waals surface area contributed by atoms with Crippen molar-refractivity contribution in [2.75, 3.05) is 24.2 Å². The van der Waals surface area contributed by atoms with E-state index in [1.54, 1.807) is 18.9 Å². The maximum atomic E-state index is 12.3. The van der Waals surface area contributed by atoms with Crippen molar-refractivity contribution in [2.24, 2.45) is 0 Å². The van der Waals surface area contributed by atoms with Gasteiger partial charge in [0.1, 0.15) is 0 Å². The molecule has 2 aromatic rings. The van der Waals surface area contributed by atoms with E-state index in [4.69, 9.17) is 0 Å². The third-order valence-corrected chi connectivity index (χ3v) is 4.31. The molecule has 5 nitrogen and oxygen atoms in total. The fraction of sp³-hybridized carbons (Fsp3) is 0.222. The molecule has 0 unspecified atom stereocenters. The van der Waals surface area contributed by atoms with Crippen LogP contribution in [0.2, 0.25) is 0 Å². The van der Waals surface area contributed by atoms with E-state index in [0.29, 0.717) is 5.69 Å². The van der Waals surface area contributed by atoms with Gasteiger partial charge in [0.2, 0.25) is 11.8 Å². The van der Waals surface area contributed by atoms with Gasteiger partial charge in [-0.2, -0.15) is 0 Å². The molecule has 0 aliphatic rings. The summed E-state index contributed by atoms with van der Waals surface area (Å²) >= 11 is 3.39. The Labute approximate surface area is 150 Å². The smallest absolute Gasteiger partial charge is 0.241 e. The number of amides is 2. The lowest BCUT2D eigenvalue weighted by Crippen LogP contribution is -2.43. The highest BCUT2D eigenvalue weighted by molar-refractivity contribution is 9.10.